The average Bonchev–Trinajstić information content (AvgIpc) is 3.68. The zero-order chi connectivity index (χ0) is 49.1. The Morgan fingerprint density at radius 1 is 0.900 bits per heavy atom. The SMILES string of the molecule is CCc1cc(Nc2ncc(Br)c(Nc3ccc4nccnc4c3P(C)(C)=O)n2)c(OC)cc1N1CCC(NCCNC(=O)CN2CCN(c3ccc4c(c3)C(=O)N(C3CCC(=O)NC3=O)C4)CC2)CC1. The highest BCUT2D eigenvalue weighted by molar-refractivity contribution is 9.10. The molecular weight excluding hydrogens is 978 g/mol. The number of methoxy groups -OCH3 is 1. The molecule has 21 heteroatoms. The van der Waals surface area contributed by atoms with Crippen molar-refractivity contribution in [2.24, 2.45) is 0 Å². The van der Waals surface area contributed by atoms with E-state index in [2.05, 4.69) is 91.2 Å². The van der Waals surface area contributed by atoms with Gasteiger partial charge in [-0.1, -0.05) is 13.0 Å². The number of piperidine rings is 2. The lowest BCUT2D eigenvalue weighted by atomic mass is 10.0. The Balaban J connectivity index is 0.722. The number of nitrogens with one attached hydrogen (secondary N) is 5. The minimum absolute atomic E-state index is 0.000817. The summed E-state index contributed by atoms with van der Waals surface area (Å²) in [6.07, 6.45) is 8.17. The number of fused-ring (bicyclic) bond motifs is 2. The molecule has 9 rings (SSSR count). The maximum Gasteiger partial charge on any atom is 0.255 e. The highest BCUT2D eigenvalue weighted by Crippen LogP contribution is 2.42. The zero-order valence-corrected chi connectivity index (χ0v) is 42.4. The average molecular weight is 1040 g/mol. The summed E-state index contributed by atoms with van der Waals surface area (Å²) in [5.41, 5.74) is 7.35. The van der Waals surface area contributed by atoms with Crippen molar-refractivity contribution in [3.8, 4) is 5.75 Å². The van der Waals surface area contributed by atoms with Crippen LogP contribution in [0.2, 0.25) is 0 Å². The van der Waals surface area contributed by atoms with Gasteiger partial charge in [0.15, 0.2) is 0 Å². The van der Waals surface area contributed by atoms with Crippen LogP contribution in [0.1, 0.15) is 54.1 Å². The van der Waals surface area contributed by atoms with Gasteiger partial charge in [0, 0.05) is 113 Å². The molecule has 1 unspecified atom stereocenters. The molecule has 3 aromatic carbocycles. The lowest BCUT2D eigenvalue weighted by Crippen LogP contribution is -2.52. The smallest absolute Gasteiger partial charge is 0.255 e. The third-order valence-electron chi connectivity index (χ3n) is 13.5. The largest absolute Gasteiger partial charge is 0.494 e. The van der Waals surface area contributed by atoms with Gasteiger partial charge in [0.2, 0.25) is 23.7 Å². The molecule has 3 fully saturated rings. The molecule has 368 valence electrons. The summed E-state index contributed by atoms with van der Waals surface area (Å²) in [6.45, 7) is 12.1. The second kappa shape index (κ2) is 21.0. The Bertz CT molecular complexity index is 2870. The fourth-order valence-electron chi connectivity index (χ4n) is 9.85. The quantitative estimate of drug-likeness (QED) is 0.0512. The van der Waals surface area contributed by atoms with Crippen LogP contribution in [0.5, 0.6) is 5.75 Å². The number of hydrogen-bond donors (Lipinski definition) is 5. The standard InChI is InChI=1S/C49H59BrN13O6P/c1-5-30-24-38(57-49-55-27-35(50)46(59-49)56-37-9-8-36-44(54-17-15-52-36)45(37)70(3,4)68)41(69-2)26-40(30)62-18-12-32(13-19-62)51-14-16-53-43(65)29-60-20-22-61(23-21-60)33-7-6-31-28-63(48(67)34(31)25-33)39-10-11-42(64)58-47(39)66/h6-9,15,17,24-27,32,39,51H,5,10-14,16,18-23,28-29H2,1-4H3,(H,53,65)(H,58,64,66)(H2,55,56,57,59). The maximum atomic E-state index is 13.5. The number of halogens is 1. The molecule has 5 aromatic rings. The Morgan fingerprint density at radius 2 is 1.69 bits per heavy atom. The van der Waals surface area contributed by atoms with E-state index in [1.165, 1.54) is 0 Å². The summed E-state index contributed by atoms with van der Waals surface area (Å²) < 4.78 is 20.1. The van der Waals surface area contributed by atoms with Gasteiger partial charge in [0.05, 0.1) is 40.3 Å². The van der Waals surface area contributed by atoms with Crippen LogP contribution >= 0.6 is 23.1 Å². The molecular formula is C49H59BrN13O6P. The van der Waals surface area contributed by atoms with Gasteiger partial charge in [0.1, 0.15) is 30.3 Å². The second-order valence-corrected chi connectivity index (χ2v) is 22.5. The predicted octanol–water partition coefficient (Wildman–Crippen LogP) is 4.75. The molecule has 2 aromatic heterocycles. The van der Waals surface area contributed by atoms with E-state index in [1.807, 2.05) is 30.3 Å². The van der Waals surface area contributed by atoms with E-state index >= 15 is 0 Å². The van der Waals surface area contributed by atoms with Crippen molar-refractivity contribution >= 4 is 97.6 Å². The minimum atomic E-state index is -2.79. The van der Waals surface area contributed by atoms with Gasteiger partial charge >= 0.3 is 0 Å². The normalized spacial score (nSPS) is 18.0. The number of anilines is 6. The van der Waals surface area contributed by atoms with Crippen molar-refractivity contribution in [3.05, 3.63) is 82.2 Å². The fraction of sp³-hybridized carbons (Fsp3) is 0.429. The molecule has 0 radical (unpaired) electrons. The topological polar surface area (TPSA) is 219 Å². The van der Waals surface area contributed by atoms with Crippen molar-refractivity contribution in [2.45, 2.75) is 57.7 Å². The first-order valence-corrected chi connectivity index (χ1v) is 27.2. The van der Waals surface area contributed by atoms with E-state index in [0.717, 1.165) is 86.7 Å². The lowest BCUT2D eigenvalue weighted by Gasteiger charge is -2.36. The molecule has 5 N–H and O–H groups in total. The molecule has 1 atom stereocenters. The van der Waals surface area contributed by atoms with Gasteiger partial charge in [-0.3, -0.25) is 39.4 Å². The Morgan fingerprint density at radius 3 is 2.43 bits per heavy atom. The van der Waals surface area contributed by atoms with Crippen LogP contribution < -0.4 is 46.4 Å². The van der Waals surface area contributed by atoms with Crippen molar-refractivity contribution < 1.29 is 28.5 Å². The van der Waals surface area contributed by atoms with E-state index < -0.39 is 19.1 Å². The van der Waals surface area contributed by atoms with Crippen LogP contribution in [0.3, 0.4) is 0 Å². The maximum absolute atomic E-state index is 13.5. The molecule has 0 spiro atoms. The number of aryl methyl sites for hydroxylation is 1. The molecule has 0 bridgehead atoms. The number of piperazine rings is 1. The molecule has 4 aliphatic heterocycles. The molecule has 70 heavy (non-hydrogen) atoms. The molecule has 4 amide bonds. The van der Waals surface area contributed by atoms with Crippen LogP contribution in [-0.4, -0.2) is 145 Å². The van der Waals surface area contributed by atoms with Gasteiger partial charge in [-0.25, -0.2) is 4.98 Å². The fourth-order valence-corrected chi connectivity index (χ4v) is 11.5. The Kier molecular flexibility index (Phi) is 14.7. The zero-order valence-electron chi connectivity index (χ0n) is 39.9. The van der Waals surface area contributed by atoms with Crippen LogP contribution in [0, 0.1) is 0 Å². The summed E-state index contributed by atoms with van der Waals surface area (Å²) in [6, 6.07) is 13.5. The minimum Gasteiger partial charge on any atom is -0.494 e. The Labute approximate surface area is 415 Å². The first-order chi connectivity index (χ1) is 33.8. The van der Waals surface area contributed by atoms with Crippen LogP contribution in [0.25, 0.3) is 11.0 Å². The van der Waals surface area contributed by atoms with E-state index in [0.29, 0.717) is 88.2 Å². The molecule has 4 aliphatic rings. The van der Waals surface area contributed by atoms with Gasteiger partial charge in [-0.05, 0) is 96.4 Å². The number of hydrogen-bond acceptors (Lipinski definition) is 16. The first kappa shape index (κ1) is 48.8. The second-order valence-electron chi connectivity index (χ2n) is 18.5. The molecule has 6 heterocycles. The lowest BCUT2D eigenvalue weighted by molar-refractivity contribution is -0.137. The summed E-state index contributed by atoms with van der Waals surface area (Å²) in [5.74, 6) is 0.622. The number of carbonyl (C=O) groups is 4. The number of carbonyl (C=O) groups excluding carboxylic acids is 4. The number of rotatable bonds is 16. The van der Waals surface area contributed by atoms with E-state index in [4.69, 9.17) is 9.72 Å². The number of imide groups is 1. The molecule has 0 aliphatic carbocycles. The molecule has 3 saturated heterocycles. The predicted molar refractivity (Wildman–Crippen MR) is 275 cm³/mol. The summed E-state index contributed by atoms with van der Waals surface area (Å²) in [7, 11) is -1.13. The van der Waals surface area contributed by atoms with Crippen molar-refractivity contribution in [1.82, 2.24) is 45.7 Å². The van der Waals surface area contributed by atoms with E-state index in [-0.39, 0.29) is 24.1 Å². The van der Waals surface area contributed by atoms with E-state index in [9.17, 15) is 23.7 Å². The van der Waals surface area contributed by atoms with Gasteiger partial charge < -0.3 is 45.3 Å². The van der Waals surface area contributed by atoms with E-state index in [1.54, 1.807) is 43.9 Å². The third-order valence-corrected chi connectivity index (χ3v) is 15.6. The summed E-state index contributed by atoms with van der Waals surface area (Å²) in [5, 5.41) is 16.4. The van der Waals surface area contributed by atoms with Gasteiger partial charge in [-0.15, -0.1) is 0 Å². The van der Waals surface area contributed by atoms with Gasteiger partial charge in [0.25, 0.3) is 5.91 Å². The summed E-state index contributed by atoms with van der Waals surface area (Å²) in [4.78, 5) is 77.0. The molecule has 0 saturated carbocycles. The number of benzene rings is 3. The number of aromatic nitrogens is 4. The van der Waals surface area contributed by atoms with Crippen LogP contribution in [0.4, 0.5) is 34.5 Å². The highest BCUT2D eigenvalue weighted by atomic mass is 79.9. The van der Waals surface area contributed by atoms with Crippen LogP contribution in [-0.2, 0) is 31.9 Å². The number of nitrogens with zero attached hydrogens (tertiary/aromatic N) is 8. The molecule has 19 nitrogen and oxygen atoms in total. The summed E-state index contributed by atoms with van der Waals surface area (Å²) >= 11 is 3.59. The van der Waals surface area contributed by atoms with Crippen molar-refractivity contribution in [1.29, 1.82) is 0 Å². The Hall–Kier alpha value is -6.21. The van der Waals surface area contributed by atoms with Crippen LogP contribution in [0.15, 0.2) is 65.5 Å². The third kappa shape index (κ3) is 10.7. The number of ether oxygens (including phenoxy) is 1. The highest BCUT2D eigenvalue weighted by Gasteiger charge is 2.39. The number of amides is 4. The monoisotopic (exact) mass is 1040 g/mol. The first-order valence-electron chi connectivity index (χ1n) is 23.8. The van der Waals surface area contributed by atoms with Gasteiger partial charge in [-0.2, -0.15) is 4.98 Å². The van der Waals surface area contributed by atoms with Crippen molar-refractivity contribution in [3.63, 3.8) is 0 Å². The van der Waals surface area contributed by atoms with Crippen molar-refractivity contribution in [2.75, 3.05) is 99.8 Å².